The van der Waals surface area contributed by atoms with Gasteiger partial charge in [-0.05, 0) is 13.0 Å². The molecule has 1 saturated heterocycles. The molecule has 6 heteroatoms. The van der Waals surface area contributed by atoms with Crippen LogP contribution in [0.3, 0.4) is 0 Å². The van der Waals surface area contributed by atoms with E-state index in [1.165, 1.54) is 13.0 Å². The molecule has 0 amide bonds. The number of nitrogens with zero attached hydrogens (tertiary/aromatic N) is 4. The Morgan fingerprint density at radius 2 is 2.00 bits per heavy atom. The molecule has 1 aromatic rings. The molecule has 0 radical (unpaired) electrons. The second-order valence-corrected chi connectivity index (χ2v) is 4.66. The maximum absolute atomic E-state index is 5.45. The fourth-order valence-electron chi connectivity index (χ4n) is 2.46. The number of rotatable bonds is 5. The molecule has 1 fully saturated rings. The molecule has 19 heavy (non-hydrogen) atoms. The van der Waals surface area contributed by atoms with Crippen LogP contribution in [0.2, 0.25) is 0 Å². The lowest BCUT2D eigenvalue weighted by Gasteiger charge is -2.35. The molecular formula is C13H23N5O. The van der Waals surface area contributed by atoms with Crippen molar-refractivity contribution in [1.29, 1.82) is 0 Å². The predicted octanol–water partition coefficient (Wildman–Crippen LogP) is 1.06. The molecule has 0 aromatic carbocycles. The molecule has 0 unspecified atom stereocenters. The monoisotopic (exact) mass is 265 g/mol. The molecule has 1 aliphatic rings. The highest BCUT2D eigenvalue weighted by atomic mass is 16.5. The lowest BCUT2D eigenvalue weighted by atomic mass is 10.3. The standard InChI is InChI=1S/C13H23N5O/c1-4-5-17-6-8-18(9-7-17)13-11(19-3)12(14-2)15-10-16-13/h10H,4-9H2,1-3H3,(H,14,15,16). The van der Waals surface area contributed by atoms with Gasteiger partial charge in [-0.15, -0.1) is 0 Å². The summed E-state index contributed by atoms with van der Waals surface area (Å²) in [5.41, 5.74) is 0. The lowest BCUT2D eigenvalue weighted by Crippen LogP contribution is -2.47. The molecule has 0 saturated carbocycles. The predicted molar refractivity (Wildman–Crippen MR) is 77.1 cm³/mol. The van der Waals surface area contributed by atoms with Gasteiger partial charge in [-0.2, -0.15) is 0 Å². The number of ether oxygens (including phenoxy) is 1. The molecule has 0 aliphatic carbocycles. The van der Waals surface area contributed by atoms with Crippen molar-refractivity contribution in [2.24, 2.45) is 0 Å². The Morgan fingerprint density at radius 3 is 2.58 bits per heavy atom. The molecule has 1 aliphatic heterocycles. The third-order valence-corrected chi connectivity index (χ3v) is 3.44. The summed E-state index contributed by atoms with van der Waals surface area (Å²) in [6.07, 6.45) is 2.79. The second-order valence-electron chi connectivity index (χ2n) is 4.66. The zero-order valence-electron chi connectivity index (χ0n) is 12.0. The van der Waals surface area contributed by atoms with Gasteiger partial charge in [0, 0.05) is 33.2 Å². The smallest absolute Gasteiger partial charge is 0.204 e. The van der Waals surface area contributed by atoms with E-state index in [1.807, 2.05) is 7.05 Å². The fraction of sp³-hybridized carbons (Fsp3) is 0.692. The van der Waals surface area contributed by atoms with Gasteiger partial charge in [0.2, 0.25) is 5.75 Å². The normalized spacial score (nSPS) is 16.5. The van der Waals surface area contributed by atoms with E-state index in [0.29, 0.717) is 0 Å². The van der Waals surface area contributed by atoms with Gasteiger partial charge in [-0.1, -0.05) is 6.92 Å². The summed E-state index contributed by atoms with van der Waals surface area (Å²) in [5, 5.41) is 3.04. The van der Waals surface area contributed by atoms with Crippen LogP contribution in [0, 0.1) is 0 Å². The summed E-state index contributed by atoms with van der Waals surface area (Å²) in [5.74, 6) is 2.36. The minimum atomic E-state index is 0.731. The average molecular weight is 265 g/mol. The highest BCUT2D eigenvalue weighted by Gasteiger charge is 2.22. The average Bonchev–Trinajstić information content (AvgIpc) is 2.47. The second kappa shape index (κ2) is 6.56. The fourth-order valence-corrected chi connectivity index (χ4v) is 2.46. The molecule has 2 rings (SSSR count). The molecule has 0 atom stereocenters. The summed E-state index contributed by atoms with van der Waals surface area (Å²) in [6.45, 7) is 7.52. The van der Waals surface area contributed by atoms with Gasteiger partial charge in [0.05, 0.1) is 7.11 Å². The van der Waals surface area contributed by atoms with Gasteiger partial charge in [-0.25, -0.2) is 9.97 Å². The van der Waals surface area contributed by atoms with Gasteiger partial charge in [0.15, 0.2) is 11.6 Å². The van der Waals surface area contributed by atoms with E-state index in [1.54, 1.807) is 13.4 Å². The Balaban J connectivity index is 2.11. The van der Waals surface area contributed by atoms with E-state index in [-0.39, 0.29) is 0 Å². The van der Waals surface area contributed by atoms with Gasteiger partial charge < -0.3 is 15.0 Å². The zero-order chi connectivity index (χ0) is 13.7. The third kappa shape index (κ3) is 3.07. The summed E-state index contributed by atoms with van der Waals surface area (Å²) in [7, 11) is 3.50. The Kier molecular flexibility index (Phi) is 4.79. The van der Waals surface area contributed by atoms with Crippen molar-refractivity contribution in [3.8, 4) is 5.75 Å². The Hall–Kier alpha value is -1.56. The van der Waals surface area contributed by atoms with Crippen molar-refractivity contribution < 1.29 is 4.74 Å². The van der Waals surface area contributed by atoms with Crippen LogP contribution in [-0.2, 0) is 0 Å². The van der Waals surface area contributed by atoms with E-state index in [0.717, 1.165) is 43.6 Å². The maximum atomic E-state index is 5.45. The molecule has 2 heterocycles. The number of hydrogen-bond donors (Lipinski definition) is 1. The summed E-state index contributed by atoms with van der Waals surface area (Å²) >= 11 is 0. The van der Waals surface area contributed by atoms with Crippen molar-refractivity contribution in [1.82, 2.24) is 14.9 Å². The topological polar surface area (TPSA) is 53.5 Å². The largest absolute Gasteiger partial charge is 0.490 e. The van der Waals surface area contributed by atoms with E-state index < -0.39 is 0 Å². The number of aromatic nitrogens is 2. The maximum Gasteiger partial charge on any atom is 0.204 e. The SMILES string of the molecule is CCCN1CCN(c2ncnc(NC)c2OC)CC1. The Bertz CT molecular complexity index is 404. The lowest BCUT2D eigenvalue weighted by molar-refractivity contribution is 0.257. The molecule has 1 aromatic heterocycles. The van der Waals surface area contributed by atoms with Gasteiger partial charge >= 0.3 is 0 Å². The van der Waals surface area contributed by atoms with Crippen LogP contribution in [-0.4, -0.2) is 61.7 Å². The number of nitrogens with one attached hydrogen (secondary N) is 1. The van der Waals surface area contributed by atoms with Crippen LogP contribution in [0.4, 0.5) is 11.6 Å². The Morgan fingerprint density at radius 1 is 1.26 bits per heavy atom. The first-order valence-corrected chi connectivity index (χ1v) is 6.84. The van der Waals surface area contributed by atoms with Gasteiger partial charge in [0.1, 0.15) is 6.33 Å². The number of hydrogen-bond acceptors (Lipinski definition) is 6. The van der Waals surface area contributed by atoms with E-state index in [2.05, 4.69) is 32.0 Å². The minimum Gasteiger partial charge on any atom is -0.490 e. The van der Waals surface area contributed by atoms with Crippen LogP contribution in [0.1, 0.15) is 13.3 Å². The van der Waals surface area contributed by atoms with Crippen LogP contribution < -0.4 is 15.0 Å². The van der Waals surface area contributed by atoms with Crippen LogP contribution in [0.5, 0.6) is 5.75 Å². The van der Waals surface area contributed by atoms with Crippen molar-refractivity contribution in [3.05, 3.63) is 6.33 Å². The van der Waals surface area contributed by atoms with E-state index >= 15 is 0 Å². The quantitative estimate of drug-likeness (QED) is 0.859. The van der Waals surface area contributed by atoms with Crippen molar-refractivity contribution in [2.75, 3.05) is 57.1 Å². The number of piperazine rings is 1. The summed E-state index contributed by atoms with van der Waals surface area (Å²) in [4.78, 5) is 13.3. The number of methoxy groups -OCH3 is 1. The Labute approximate surface area is 114 Å². The van der Waals surface area contributed by atoms with Crippen molar-refractivity contribution in [3.63, 3.8) is 0 Å². The van der Waals surface area contributed by atoms with E-state index in [4.69, 9.17) is 4.74 Å². The summed E-state index contributed by atoms with van der Waals surface area (Å²) < 4.78 is 5.45. The zero-order valence-corrected chi connectivity index (χ0v) is 12.0. The molecule has 1 N–H and O–H groups in total. The first kappa shape index (κ1) is 13.9. The van der Waals surface area contributed by atoms with Gasteiger partial charge in [0.25, 0.3) is 0 Å². The molecule has 0 bridgehead atoms. The number of anilines is 2. The molecule has 6 nitrogen and oxygen atoms in total. The molecule has 0 spiro atoms. The molecular weight excluding hydrogens is 242 g/mol. The minimum absolute atomic E-state index is 0.731. The van der Waals surface area contributed by atoms with Crippen molar-refractivity contribution in [2.45, 2.75) is 13.3 Å². The van der Waals surface area contributed by atoms with Crippen LogP contribution in [0.25, 0.3) is 0 Å². The first-order chi connectivity index (χ1) is 9.30. The third-order valence-electron chi connectivity index (χ3n) is 3.44. The molecule has 106 valence electrons. The van der Waals surface area contributed by atoms with Gasteiger partial charge in [-0.3, -0.25) is 4.90 Å². The van der Waals surface area contributed by atoms with Crippen molar-refractivity contribution >= 4 is 11.6 Å². The summed E-state index contributed by atoms with van der Waals surface area (Å²) in [6, 6.07) is 0. The first-order valence-electron chi connectivity index (χ1n) is 6.84. The van der Waals surface area contributed by atoms with E-state index in [9.17, 15) is 0 Å². The highest BCUT2D eigenvalue weighted by molar-refractivity contribution is 5.64. The van der Waals surface area contributed by atoms with Crippen LogP contribution >= 0.6 is 0 Å². The highest BCUT2D eigenvalue weighted by Crippen LogP contribution is 2.31. The van der Waals surface area contributed by atoms with Crippen LogP contribution in [0.15, 0.2) is 6.33 Å².